The number of halogens is 4. The van der Waals surface area contributed by atoms with Crippen LogP contribution >= 0.6 is 11.6 Å². The Morgan fingerprint density at radius 1 is 1.18 bits per heavy atom. The average Bonchev–Trinajstić information content (AvgIpc) is 3.12. The molecule has 0 radical (unpaired) electrons. The Bertz CT molecular complexity index is 1380. The predicted molar refractivity (Wildman–Crippen MR) is 173 cm³/mol. The van der Waals surface area contributed by atoms with E-state index in [0.29, 0.717) is 39.8 Å². The van der Waals surface area contributed by atoms with Crippen LogP contribution in [0, 0.1) is 12.8 Å². The molecule has 3 rings (SSSR count). The van der Waals surface area contributed by atoms with Crippen LogP contribution in [0.2, 0.25) is 0 Å². The maximum atomic E-state index is 13.4. The predicted octanol–water partition coefficient (Wildman–Crippen LogP) is 9.56. The minimum atomic E-state index is -4.61. The number of likely N-dealkylation sites (N-methyl/N-ethyl adjacent to an activating group) is 1. The van der Waals surface area contributed by atoms with E-state index in [1.165, 1.54) is 18.9 Å². The Kier molecular flexibility index (Phi) is 12.3. The monoisotopic (exact) mass is 631 g/mol. The fourth-order valence-electron chi connectivity index (χ4n) is 5.95. The molecular formula is C35H45ClF3N3O2. The summed E-state index contributed by atoms with van der Waals surface area (Å²) in [6.45, 7) is 12.1. The molecule has 1 aliphatic rings. The number of aliphatic hydroxyl groups is 1. The van der Waals surface area contributed by atoms with Gasteiger partial charge in [-0.15, -0.1) is 11.6 Å². The molecule has 0 fully saturated rings. The zero-order chi connectivity index (χ0) is 32.7. The number of ether oxygens (including phenoxy) is 1. The molecule has 5 nitrogen and oxygen atoms in total. The van der Waals surface area contributed by atoms with Gasteiger partial charge in [0.05, 0.1) is 18.2 Å². The van der Waals surface area contributed by atoms with Crippen LogP contribution in [-0.2, 0) is 16.5 Å². The van der Waals surface area contributed by atoms with Gasteiger partial charge in [-0.1, -0.05) is 64.3 Å². The first-order valence-electron chi connectivity index (χ1n) is 15.2. The fraction of sp³-hybridized carbons (Fsp3) is 0.486. The second-order valence-electron chi connectivity index (χ2n) is 11.5. The Balaban J connectivity index is 2.17. The summed E-state index contributed by atoms with van der Waals surface area (Å²) in [6.07, 6.45) is 8.21. The normalized spacial score (nSPS) is 16.9. The summed E-state index contributed by atoms with van der Waals surface area (Å²) < 4.78 is 45.9. The van der Waals surface area contributed by atoms with Crippen molar-refractivity contribution in [3.63, 3.8) is 0 Å². The minimum Gasteiger partial charge on any atom is -0.481 e. The average molecular weight is 632 g/mol. The number of hydrogen-bond donors (Lipinski definition) is 1. The Morgan fingerprint density at radius 3 is 2.39 bits per heavy atom. The van der Waals surface area contributed by atoms with Gasteiger partial charge < -0.3 is 14.7 Å². The summed E-state index contributed by atoms with van der Waals surface area (Å²) in [6, 6.07) is 5.82. The molecule has 0 saturated heterocycles. The van der Waals surface area contributed by atoms with Crippen molar-refractivity contribution in [3.8, 4) is 0 Å². The fourth-order valence-corrected chi connectivity index (χ4v) is 6.28. The number of fused-ring (bicyclic) bond motifs is 1. The summed E-state index contributed by atoms with van der Waals surface area (Å²) in [5.74, 6) is 1.12. The van der Waals surface area contributed by atoms with Crippen LogP contribution in [0.5, 0.6) is 0 Å². The highest BCUT2D eigenvalue weighted by Gasteiger charge is 2.40. The molecule has 2 unspecified atom stereocenters. The van der Waals surface area contributed by atoms with Crippen molar-refractivity contribution >= 4 is 23.2 Å². The SMILES string of the molecule is C=CN(C)C/C(=C\C)C(O)(c1ccc(C(F)(F)F)nc1)c1cc2c(cc1C)N=C(OC)C(CCC(CCC)CCC)=CC2Cl. The zero-order valence-electron chi connectivity index (χ0n) is 26.6. The molecule has 9 heteroatoms. The van der Waals surface area contributed by atoms with Crippen LogP contribution in [-0.4, -0.2) is 41.6 Å². The van der Waals surface area contributed by atoms with Crippen LogP contribution in [0.3, 0.4) is 0 Å². The number of nitrogens with zero attached hydrogens (tertiary/aromatic N) is 3. The van der Waals surface area contributed by atoms with Gasteiger partial charge >= 0.3 is 6.18 Å². The van der Waals surface area contributed by atoms with Crippen LogP contribution in [0.15, 0.2) is 71.5 Å². The number of allylic oxidation sites excluding steroid dienone is 2. The number of rotatable bonds is 13. The molecule has 0 spiro atoms. The van der Waals surface area contributed by atoms with Crippen molar-refractivity contribution in [2.45, 2.75) is 83.4 Å². The van der Waals surface area contributed by atoms with Crippen LogP contribution in [0.25, 0.3) is 0 Å². The molecule has 2 atom stereocenters. The van der Waals surface area contributed by atoms with Crippen molar-refractivity contribution in [1.29, 1.82) is 0 Å². The molecule has 2 aromatic rings. The van der Waals surface area contributed by atoms with E-state index in [0.717, 1.165) is 43.5 Å². The summed E-state index contributed by atoms with van der Waals surface area (Å²) in [5, 5.41) is 12.0. The van der Waals surface area contributed by atoms with Crippen molar-refractivity contribution < 1.29 is 23.0 Å². The first-order chi connectivity index (χ1) is 20.8. The molecule has 44 heavy (non-hydrogen) atoms. The minimum absolute atomic E-state index is 0.203. The maximum Gasteiger partial charge on any atom is 0.433 e. The Morgan fingerprint density at radius 2 is 1.86 bits per heavy atom. The molecule has 0 bridgehead atoms. The molecule has 0 saturated carbocycles. The summed E-state index contributed by atoms with van der Waals surface area (Å²) in [5.41, 5.74) is 1.27. The highest BCUT2D eigenvalue weighted by molar-refractivity contribution is 6.23. The highest BCUT2D eigenvalue weighted by atomic mass is 35.5. The van der Waals surface area contributed by atoms with Gasteiger partial charge in [0, 0.05) is 36.5 Å². The smallest absolute Gasteiger partial charge is 0.433 e. The molecule has 1 aliphatic heterocycles. The molecule has 1 N–H and O–H groups in total. The molecule has 0 aliphatic carbocycles. The first kappa shape index (κ1) is 35.4. The lowest BCUT2D eigenvalue weighted by Crippen LogP contribution is -2.35. The number of aryl methyl sites for hydroxylation is 1. The van der Waals surface area contributed by atoms with E-state index in [4.69, 9.17) is 21.3 Å². The van der Waals surface area contributed by atoms with E-state index < -0.39 is 22.8 Å². The number of alkyl halides is 4. The van der Waals surface area contributed by atoms with E-state index >= 15 is 0 Å². The second-order valence-corrected chi connectivity index (χ2v) is 11.9. The van der Waals surface area contributed by atoms with E-state index in [-0.39, 0.29) is 12.1 Å². The van der Waals surface area contributed by atoms with Crippen LogP contribution in [0.4, 0.5) is 18.9 Å². The highest BCUT2D eigenvalue weighted by Crippen LogP contribution is 2.45. The third kappa shape index (κ3) is 7.94. The molecule has 1 aromatic carbocycles. The summed E-state index contributed by atoms with van der Waals surface area (Å²) in [4.78, 5) is 10.3. The van der Waals surface area contributed by atoms with E-state index in [1.54, 1.807) is 38.3 Å². The number of methoxy groups -OCH3 is 1. The molecule has 1 aromatic heterocycles. The van der Waals surface area contributed by atoms with Crippen molar-refractivity contribution in [2.75, 3.05) is 20.7 Å². The molecule has 2 heterocycles. The van der Waals surface area contributed by atoms with Crippen LogP contribution < -0.4 is 0 Å². The molecule has 240 valence electrons. The lowest BCUT2D eigenvalue weighted by molar-refractivity contribution is -0.141. The third-order valence-electron chi connectivity index (χ3n) is 8.33. The second kappa shape index (κ2) is 15.3. The van der Waals surface area contributed by atoms with Gasteiger partial charge in [0.1, 0.15) is 11.3 Å². The van der Waals surface area contributed by atoms with E-state index in [2.05, 4.69) is 25.4 Å². The van der Waals surface area contributed by atoms with Gasteiger partial charge in [-0.2, -0.15) is 13.2 Å². The number of hydrogen-bond acceptors (Lipinski definition) is 5. The first-order valence-corrected chi connectivity index (χ1v) is 15.6. The third-order valence-corrected chi connectivity index (χ3v) is 8.69. The largest absolute Gasteiger partial charge is 0.481 e. The lowest BCUT2D eigenvalue weighted by Gasteiger charge is -2.35. The van der Waals surface area contributed by atoms with Gasteiger partial charge in [-0.05, 0) is 73.7 Å². The summed E-state index contributed by atoms with van der Waals surface area (Å²) >= 11 is 7.06. The van der Waals surface area contributed by atoms with Crippen molar-refractivity contribution in [2.24, 2.45) is 10.9 Å². The zero-order valence-corrected chi connectivity index (χ0v) is 27.4. The maximum absolute atomic E-state index is 13.4. The topological polar surface area (TPSA) is 58.0 Å². The molecular weight excluding hydrogens is 587 g/mol. The lowest BCUT2D eigenvalue weighted by atomic mass is 9.77. The van der Waals surface area contributed by atoms with Crippen molar-refractivity contribution in [3.05, 3.63) is 94.5 Å². The standard InChI is InChI=1S/C35H45ClF3N3O2/c1-8-12-24(13-9-2)14-15-25-19-30(36)28-20-29(23(5)18-31(28)41-33(25)44-7)34(43,26(10-3)22-42(6)11-4)27-16-17-32(40-21-27)35(37,38)39/h10-11,16-21,24,30,43H,4,8-9,12-15,22H2,1-3,5-7H3/b26-10+. The number of aromatic nitrogens is 1. The van der Waals surface area contributed by atoms with Gasteiger partial charge in [0.15, 0.2) is 0 Å². The summed E-state index contributed by atoms with van der Waals surface area (Å²) in [7, 11) is 3.40. The number of benzene rings is 1. The number of aliphatic imine (C=N–C) groups is 1. The Hall–Kier alpha value is -3.10. The van der Waals surface area contributed by atoms with E-state index in [1.807, 2.05) is 25.1 Å². The van der Waals surface area contributed by atoms with Gasteiger partial charge in [-0.3, -0.25) is 4.98 Å². The Labute approximate surface area is 265 Å². The van der Waals surface area contributed by atoms with Crippen LogP contribution in [0.1, 0.15) is 92.6 Å². The number of pyridine rings is 1. The van der Waals surface area contributed by atoms with E-state index in [9.17, 15) is 18.3 Å². The quantitative estimate of drug-likeness (QED) is 0.177. The van der Waals surface area contributed by atoms with Crippen molar-refractivity contribution in [1.82, 2.24) is 9.88 Å². The van der Waals surface area contributed by atoms with Gasteiger partial charge in [-0.25, -0.2) is 4.99 Å². The van der Waals surface area contributed by atoms with Gasteiger partial charge in [0.2, 0.25) is 5.90 Å². The molecule has 0 amide bonds. The van der Waals surface area contributed by atoms with Gasteiger partial charge in [0.25, 0.3) is 0 Å².